The molecular weight excluding hydrogens is 268 g/mol. The molecule has 0 radical (unpaired) electrons. The van der Waals surface area contributed by atoms with Gasteiger partial charge >= 0.3 is 0 Å². The molecule has 5 nitrogen and oxygen atoms in total. The third-order valence-electron chi connectivity index (χ3n) is 4.81. The maximum atomic E-state index is 12.6. The first-order valence-corrected chi connectivity index (χ1v) is 7.50. The molecule has 1 aliphatic carbocycles. The number of phenolic OH excluding ortho intramolecular Hbond substituents is 1. The zero-order valence-corrected chi connectivity index (χ0v) is 12.3. The second-order valence-corrected chi connectivity index (χ2v) is 6.19. The summed E-state index contributed by atoms with van der Waals surface area (Å²) in [6, 6.07) is 5.08. The molecule has 5 heteroatoms. The second-order valence-electron chi connectivity index (χ2n) is 6.19. The van der Waals surface area contributed by atoms with Crippen LogP contribution >= 0.6 is 0 Å². The van der Waals surface area contributed by atoms with Crippen LogP contribution in [0.15, 0.2) is 18.2 Å². The van der Waals surface area contributed by atoms with E-state index in [9.17, 15) is 9.90 Å². The van der Waals surface area contributed by atoms with Gasteiger partial charge in [-0.05, 0) is 43.2 Å². The zero-order chi connectivity index (χ0) is 15.0. The molecule has 3 atom stereocenters. The molecular formula is C16H22N2O3. The monoisotopic (exact) mass is 290 g/mol. The normalized spacial score (nSPS) is 28.3. The molecule has 0 aromatic heterocycles. The predicted molar refractivity (Wildman–Crippen MR) is 79.4 cm³/mol. The molecule has 3 N–H and O–H groups in total. The highest BCUT2D eigenvalue weighted by molar-refractivity contribution is 5.97. The Kier molecular flexibility index (Phi) is 3.76. The van der Waals surface area contributed by atoms with Crippen molar-refractivity contribution >= 4 is 5.91 Å². The van der Waals surface area contributed by atoms with Gasteiger partial charge in [0.05, 0.1) is 12.7 Å². The number of fused-ring (bicyclic) bond motifs is 1. The number of rotatable bonds is 2. The zero-order valence-electron chi connectivity index (χ0n) is 12.3. The number of benzene rings is 1. The van der Waals surface area contributed by atoms with Crippen molar-refractivity contribution in [2.75, 3.05) is 20.2 Å². The molecule has 2 fully saturated rings. The summed E-state index contributed by atoms with van der Waals surface area (Å²) >= 11 is 0. The molecule has 114 valence electrons. The number of amides is 1. The van der Waals surface area contributed by atoms with Gasteiger partial charge in [-0.15, -0.1) is 0 Å². The van der Waals surface area contributed by atoms with Crippen molar-refractivity contribution < 1.29 is 14.6 Å². The van der Waals surface area contributed by atoms with Gasteiger partial charge in [0.15, 0.2) is 0 Å². The van der Waals surface area contributed by atoms with Gasteiger partial charge in [-0.2, -0.15) is 0 Å². The number of ether oxygens (including phenoxy) is 1. The van der Waals surface area contributed by atoms with Gasteiger partial charge in [0.2, 0.25) is 0 Å². The summed E-state index contributed by atoms with van der Waals surface area (Å²) in [5.74, 6) is 1.50. The fraction of sp³-hybridized carbons (Fsp3) is 0.562. The number of carbonyl (C=O) groups is 1. The fourth-order valence-corrected chi connectivity index (χ4v) is 3.62. The first-order chi connectivity index (χ1) is 10.1. The molecule has 1 heterocycles. The lowest BCUT2D eigenvalue weighted by molar-refractivity contribution is 0.0781. The van der Waals surface area contributed by atoms with Gasteiger partial charge in [-0.25, -0.2) is 0 Å². The second kappa shape index (κ2) is 5.56. The van der Waals surface area contributed by atoms with Gasteiger partial charge < -0.3 is 20.5 Å². The van der Waals surface area contributed by atoms with E-state index in [1.807, 2.05) is 4.90 Å². The standard InChI is InChI=1S/C16H22N2O3/c1-21-13-4-5-14(15(19)7-13)16(20)18-8-10-2-3-12(17)6-11(10)9-18/h4-5,7,10-12,19H,2-3,6,8-9,17H2,1H3/t10-,11+,12?/m1/s1. The number of hydrogen-bond donors (Lipinski definition) is 2. The van der Waals surface area contributed by atoms with E-state index in [-0.39, 0.29) is 17.7 Å². The van der Waals surface area contributed by atoms with Crippen molar-refractivity contribution in [1.29, 1.82) is 0 Å². The Morgan fingerprint density at radius 3 is 2.81 bits per heavy atom. The topological polar surface area (TPSA) is 75.8 Å². The molecule has 1 saturated carbocycles. The van der Waals surface area contributed by atoms with Gasteiger partial charge in [0.25, 0.3) is 5.91 Å². The Labute approximate surface area is 124 Å². The van der Waals surface area contributed by atoms with E-state index in [2.05, 4.69) is 0 Å². The van der Waals surface area contributed by atoms with Gasteiger partial charge in [0, 0.05) is 25.2 Å². The molecule has 1 aliphatic heterocycles. The van der Waals surface area contributed by atoms with Crippen LogP contribution in [0.3, 0.4) is 0 Å². The van der Waals surface area contributed by atoms with E-state index >= 15 is 0 Å². The van der Waals surface area contributed by atoms with Crippen LogP contribution in [0.4, 0.5) is 0 Å². The van der Waals surface area contributed by atoms with Crippen LogP contribution in [0.5, 0.6) is 11.5 Å². The number of nitrogens with two attached hydrogens (primary N) is 1. The Hall–Kier alpha value is -1.75. The van der Waals surface area contributed by atoms with Gasteiger partial charge in [-0.1, -0.05) is 0 Å². The Morgan fingerprint density at radius 2 is 2.10 bits per heavy atom. The number of phenols is 1. The van der Waals surface area contributed by atoms with Crippen molar-refractivity contribution in [2.24, 2.45) is 17.6 Å². The highest BCUT2D eigenvalue weighted by Crippen LogP contribution is 2.37. The van der Waals surface area contributed by atoms with E-state index < -0.39 is 0 Å². The smallest absolute Gasteiger partial charge is 0.257 e. The molecule has 1 amide bonds. The minimum Gasteiger partial charge on any atom is -0.507 e. The molecule has 21 heavy (non-hydrogen) atoms. The summed E-state index contributed by atoms with van der Waals surface area (Å²) in [4.78, 5) is 14.4. The lowest BCUT2D eigenvalue weighted by atomic mass is 9.79. The number of aromatic hydroxyl groups is 1. The van der Waals surface area contributed by atoms with E-state index in [0.29, 0.717) is 23.1 Å². The van der Waals surface area contributed by atoms with Crippen molar-refractivity contribution in [3.05, 3.63) is 23.8 Å². The van der Waals surface area contributed by atoms with Crippen LogP contribution in [0.1, 0.15) is 29.6 Å². The highest BCUT2D eigenvalue weighted by Gasteiger charge is 2.39. The number of carbonyl (C=O) groups excluding carboxylic acids is 1. The maximum absolute atomic E-state index is 12.6. The molecule has 2 aliphatic rings. The van der Waals surface area contributed by atoms with Crippen LogP contribution in [0.2, 0.25) is 0 Å². The summed E-state index contributed by atoms with van der Waals surface area (Å²) < 4.78 is 5.05. The number of hydrogen-bond acceptors (Lipinski definition) is 4. The van der Waals surface area contributed by atoms with Crippen molar-refractivity contribution in [2.45, 2.75) is 25.3 Å². The minimum atomic E-state index is -0.0990. The lowest BCUT2D eigenvalue weighted by Gasteiger charge is -2.27. The lowest BCUT2D eigenvalue weighted by Crippen LogP contribution is -2.32. The largest absolute Gasteiger partial charge is 0.507 e. The van der Waals surface area contributed by atoms with Gasteiger partial charge in [0.1, 0.15) is 11.5 Å². The average molecular weight is 290 g/mol. The summed E-state index contributed by atoms with van der Waals surface area (Å²) in [6.45, 7) is 1.53. The van der Waals surface area contributed by atoms with Crippen molar-refractivity contribution in [3.8, 4) is 11.5 Å². The molecule has 1 saturated heterocycles. The highest BCUT2D eigenvalue weighted by atomic mass is 16.5. The molecule has 0 spiro atoms. The Morgan fingerprint density at radius 1 is 1.33 bits per heavy atom. The Bertz CT molecular complexity index is 546. The van der Waals surface area contributed by atoms with Crippen molar-refractivity contribution in [3.63, 3.8) is 0 Å². The van der Waals surface area contributed by atoms with Crippen molar-refractivity contribution in [1.82, 2.24) is 4.90 Å². The maximum Gasteiger partial charge on any atom is 0.257 e. The van der Waals surface area contributed by atoms with E-state index in [1.54, 1.807) is 12.1 Å². The first kappa shape index (κ1) is 14.2. The van der Waals surface area contributed by atoms with Crippen LogP contribution in [-0.4, -0.2) is 42.2 Å². The van der Waals surface area contributed by atoms with E-state index in [0.717, 1.165) is 32.4 Å². The average Bonchev–Trinajstić information content (AvgIpc) is 2.89. The summed E-state index contributed by atoms with van der Waals surface area (Å²) in [7, 11) is 1.53. The summed E-state index contributed by atoms with van der Waals surface area (Å²) in [5, 5.41) is 10.0. The van der Waals surface area contributed by atoms with E-state index in [1.165, 1.54) is 13.2 Å². The van der Waals surface area contributed by atoms with Crippen LogP contribution < -0.4 is 10.5 Å². The molecule has 1 aromatic rings. The summed E-state index contributed by atoms with van der Waals surface area (Å²) in [6.07, 6.45) is 3.16. The molecule has 1 unspecified atom stereocenters. The quantitative estimate of drug-likeness (QED) is 0.867. The molecule has 1 aromatic carbocycles. The third-order valence-corrected chi connectivity index (χ3v) is 4.81. The molecule has 3 rings (SSSR count). The SMILES string of the molecule is COc1ccc(C(=O)N2C[C@H]3CCC(N)C[C@H]3C2)c(O)c1. The van der Waals surface area contributed by atoms with E-state index in [4.69, 9.17) is 10.5 Å². The summed E-state index contributed by atoms with van der Waals surface area (Å²) in [5.41, 5.74) is 6.37. The van der Waals surface area contributed by atoms with Gasteiger partial charge in [-0.3, -0.25) is 4.79 Å². The first-order valence-electron chi connectivity index (χ1n) is 7.50. The van der Waals surface area contributed by atoms with Crippen LogP contribution in [0, 0.1) is 11.8 Å². The predicted octanol–water partition coefficient (Wildman–Crippen LogP) is 1.60. The van der Waals surface area contributed by atoms with Crippen LogP contribution in [0.25, 0.3) is 0 Å². The molecule has 0 bridgehead atoms. The minimum absolute atomic E-state index is 0.0223. The number of methoxy groups -OCH3 is 1. The fourth-order valence-electron chi connectivity index (χ4n) is 3.62. The third kappa shape index (κ3) is 2.70. The van der Waals surface area contributed by atoms with Crippen LogP contribution in [-0.2, 0) is 0 Å². The Balaban J connectivity index is 1.74. The number of likely N-dealkylation sites (tertiary alicyclic amines) is 1. The number of nitrogens with zero attached hydrogens (tertiary/aromatic N) is 1.